The molecule has 2 rings (SSSR count). The average molecular weight is 251 g/mol. The monoisotopic (exact) mass is 251 g/mol. The van der Waals surface area contributed by atoms with Gasteiger partial charge in [0.25, 0.3) is 0 Å². The molecule has 0 aliphatic heterocycles. The van der Waals surface area contributed by atoms with E-state index in [-0.39, 0.29) is 11.9 Å². The predicted octanol–water partition coefficient (Wildman–Crippen LogP) is 3.72. The molecule has 5 heteroatoms. The van der Waals surface area contributed by atoms with Crippen molar-refractivity contribution in [2.45, 2.75) is 26.3 Å². The maximum absolute atomic E-state index is 13.7. The van der Waals surface area contributed by atoms with Crippen molar-refractivity contribution in [3.05, 3.63) is 34.9 Å². The van der Waals surface area contributed by atoms with Gasteiger partial charge in [0.1, 0.15) is 5.82 Å². The zero-order chi connectivity index (χ0) is 12.4. The van der Waals surface area contributed by atoms with Crippen molar-refractivity contribution >= 4 is 12.2 Å². The van der Waals surface area contributed by atoms with Gasteiger partial charge in [-0.25, -0.2) is 4.39 Å². The third kappa shape index (κ3) is 2.15. The van der Waals surface area contributed by atoms with Crippen molar-refractivity contribution in [2.75, 3.05) is 0 Å². The second-order valence-corrected chi connectivity index (χ2v) is 4.35. The van der Waals surface area contributed by atoms with Crippen molar-refractivity contribution in [1.29, 1.82) is 0 Å². The number of nitrogens with zero attached hydrogens (tertiary/aromatic N) is 2. The second-order valence-electron chi connectivity index (χ2n) is 3.96. The smallest absolute Gasteiger partial charge is 0.195 e. The minimum atomic E-state index is -0.286. The Morgan fingerprint density at radius 3 is 2.82 bits per heavy atom. The van der Waals surface area contributed by atoms with Crippen LogP contribution in [0.3, 0.4) is 0 Å². The summed E-state index contributed by atoms with van der Waals surface area (Å²) in [4.78, 5) is 0. The van der Waals surface area contributed by atoms with Crippen molar-refractivity contribution in [3.8, 4) is 11.4 Å². The second kappa shape index (κ2) is 4.79. The first kappa shape index (κ1) is 12.0. The highest BCUT2D eigenvalue weighted by molar-refractivity contribution is 7.71. The lowest BCUT2D eigenvalue weighted by molar-refractivity contribution is 0.526. The van der Waals surface area contributed by atoms with Crippen molar-refractivity contribution < 1.29 is 4.39 Å². The lowest BCUT2D eigenvalue weighted by Gasteiger charge is -2.13. The Hall–Kier alpha value is -1.49. The summed E-state index contributed by atoms with van der Waals surface area (Å²) in [7, 11) is 0. The minimum Gasteiger partial charge on any atom is -0.297 e. The summed E-state index contributed by atoms with van der Waals surface area (Å²) in [6, 6.07) is 6.77. The van der Waals surface area contributed by atoms with E-state index in [1.54, 1.807) is 18.2 Å². The minimum absolute atomic E-state index is 0.191. The highest BCUT2D eigenvalue weighted by Crippen LogP contribution is 2.24. The van der Waals surface area contributed by atoms with E-state index < -0.39 is 0 Å². The SMILES string of the molecule is CC[C@@H](C)n1c(-c2ccccc2F)n[nH]c1=S. The number of rotatable bonds is 3. The molecule has 0 fully saturated rings. The van der Waals surface area contributed by atoms with Gasteiger partial charge >= 0.3 is 0 Å². The number of nitrogens with one attached hydrogen (secondary N) is 1. The van der Waals surface area contributed by atoms with E-state index in [4.69, 9.17) is 12.2 Å². The third-order valence-electron chi connectivity index (χ3n) is 2.85. The van der Waals surface area contributed by atoms with Gasteiger partial charge in [0, 0.05) is 6.04 Å². The van der Waals surface area contributed by atoms with Gasteiger partial charge < -0.3 is 0 Å². The molecule has 0 unspecified atom stereocenters. The largest absolute Gasteiger partial charge is 0.297 e. The van der Waals surface area contributed by atoms with Crippen LogP contribution in [0.4, 0.5) is 4.39 Å². The van der Waals surface area contributed by atoms with E-state index in [1.165, 1.54) is 6.07 Å². The number of benzene rings is 1. The fourth-order valence-corrected chi connectivity index (χ4v) is 2.04. The number of halogens is 1. The lowest BCUT2D eigenvalue weighted by atomic mass is 10.2. The fraction of sp³-hybridized carbons (Fsp3) is 0.333. The van der Waals surface area contributed by atoms with E-state index in [0.717, 1.165) is 6.42 Å². The summed E-state index contributed by atoms with van der Waals surface area (Å²) in [6.07, 6.45) is 0.912. The molecule has 0 aliphatic carbocycles. The number of hydrogen-bond acceptors (Lipinski definition) is 2. The Balaban J connectivity index is 2.61. The molecule has 2 aromatic rings. The van der Waals surface area contributed by atoms with Gasteiger partial charge in [0.05, 0.1) is 5.56 Å². The van der Waals surface area contributed by atoms with Crippen LogP contribution in [0.25, 0.3) is 11.4 Å². The quantitative estimate of drug-likeness (QED) is 0.843. The van der Waals surface area contributed by atoms with E-state index >= 15 is 0 Å². The van der Waals surface area contributed by atoms with Gasteiger partial charge in [-0.05, 0) is 37.7 Å². The van der Waals surface area contributed by atoms with Crippen LogP contribution in [0.15, 0.2) is 24.3 Å². The van der Waals surface area contributed by atoms with Gasteiger partial charge in [-0.15, -0.1) is 0 Å². The van der Waals surface area contributed by atoms with Gasteiger partial charge in [-0.3, -0.25) is 9.67 Å². The molecule has 0 saturated heterocycles. The highest BCUT2D eigenvalue weighted by atomic mass is 32.1. The van der Waals surface area contributed by atoms with Crippen LogP contribution in [0.2, 0.25) is 0 Å². The summed E-state index contributed by atoms with van der Waals surface area (Å²) in [6.45, 7) is 4.10. The molecular weight excluding hydrogens is 237 g/mol. The van der Waals surface area contributed by atoms with Gasteiger partial charge in [0.15, 0.2) is 10.6 Å². The molecule has 0 saturated carbocycles. The van der Waals surface area contributed by atoms with Crippen LogP contribution in [0, 0.1) is 10.6 Å². The molecule has 0 amide bonds. The molecule has 0 bridgehead atoms. The van der Waals surface area contributed by atoms with Crippen LogP contribution in [0.1, 0.15) is 26.3 Å². The predicted molar refractivity (Wildman–Crippen MR) is 67.8 cm³/mol. The fourth-order valence-electron chi connectivity index (χ4n) is 1.73. The first-order valence-corrected chi connectivity index (χ1v) is 5.97. The highest BCUT2D eigenvalue weighted by Gasteiger charge is 2.15. The van der Waals surface area contributed by atoms with Crippen molar-refractivity contribution in [1.82, 2.24) is 14.8 Å². The summed E-state index contributed by atoms with van der Waals surface area (Å²) in [5, 5.41) is 6.85. The molecule has 17 heavy (non-hydrogen) atoms. The molecule has 1 atom stereocenters. The van der Waals surface area contributed by atoms with Gasteiger partial charge in [0.2, 0.25) is 0 Å². The molecule has 1 heterocycles. The number of aromatic nitrogens is 3. The maximum atomic E-state index is 13.7. The first-order chi connectivity index (χ1) is 8.15. The maximum Gasteiger partial charge on any atom is 0.195 e. The first-order valence-electron chi connectivity index (χ1n) is 5.57. The van der Waals surface area contributed by atoms with E-state index in [2.05, 4.69) is 17.1 Å². The Bertz CT molecular complexity index is 573. The Labute approximate surface area is 104 Å². The Kier molecular flexibility index (Phi) is 3.38. The third-order valence-corrected chi connectivity index (χ3v) is 3.14. The average Bonchev–Trinajstić information content (AvgIpc) is 2.71. The Morgan fingerprint density at radius 2 is 2.18 bits per heavy atom. The summed E-state index contributed by atoms with van der Waals surface area (Å²) in [5.41, 5.74) is 0.472. The molecule has 0 spiro atoms. The summed E-state index contributed by atoms with van der Waals surface area (Å²) < 4.78 is 16.1. The van der Waals surface area contributed by atoms with Crippen LogP contribution < -0.4 is 0 Å². The van der Waals surface area contributed by atoms with Crippen molar-refractivity contribution in [3.63, 3.8) is 0 Å². The normalized spacial score (nSPS) is 12.6. The zero-order valence-corrected chi connectivity index (χ0v) is 10.6. The molecule has 3 nitrogen and oxygen atoms in total. The number of aromatic amines is 1. The summed E-state index contributed by atoms with van der Waals surface area (Å²) in [5.74, 6) is 0.272. The molecule has 1 aromatic heterocycles. The van der Waals surface area contributed by atoms with E-state index in [0.29, 0.717) is 16.2 Å². The standard InChI is InChI=1S/C12H14FN3S/c1-3-8(2)16-11(14-15-12(16)17)9-6-4-5-7-10(9)13/h4-8H,3H2,1-2H3,(H,15,17)/t8-/m1/s1. The molecule has 1 N–H and O–H groups in total. The van der Waals surface area contributed by atoms with Crippen LogP contribution in [0.5, 0.6) is 0 Å². The van der Waals surface area contributed by atoms with E-state index in [1.807, 2.05) is 11.5 Å². The molecule has 90 valence electrons. The number of H-pyrrole nitrogens is 1. The van der Waals surface area contributed by atoms with Crippen LogP contribution >= 0.6 is 12.2 Å². The molecule has 0 radical (unpaired) electrons. The summed E-state index contributed by atoms with van der Waals surface area (Å²) >= 11 is 5.18. The molecular formula is C12H14FN3S. The molecule has 0 aliphatic rings. The van der Waals surface area contributed by atoms with Crippen molar-refractivity contribution in [2.24, 2.45) is 0 Å². The van der Waals surface area contributed by atoms with E-state index in [9.17, 15) is 4.39 Å². The Morgan fingerprint density at radius 1 is 1.47 bits per heavy atom. The molecule has 1 aromatic carbocycles. The zero-order valence-electron chi connectivity index (χ0n) is 9.77. The number of hydrogen-bond donors (Lipinski definition) is 1. The van der Waals surface area contributed by atoms with Gasteiger partial charge in [-0.2, -0.15) is 5.10 Å². The van der Waals surface area contributed by atoms with Crippen LogP contribution in [-0.2, 0) is 0 Å². The van der Waals surface area contributed by atoms with Crippen LogP contribution in [-0.4, -0.2) is 14.8 Å². The van der Waals surface area contributed by atoms with Gasteiger partial charge in [-0.1, -0.05) is 19.1 Å². The topological polar surface area (TPSA) is 33.6 Å². The lowest BCUT2D eigenvalue weighted by Crippen LogP contribution is -2.06.